The predicted molar refractivity (Wildman–Crippen MR) is 139 cm³/mol. The summed E-state index contributed by atoms with van der Waals surface area (Å²) in [4.78, 5) is 29.1. The summed E-state index contributed by atoms with van der Waals surface area (Å²) in [7, 11) is -2.27. The number of carbonyl (C=O) groups excluding carboxylic acids is 2. The van der Waals surface area contributed by atoms with Crippen molar-refractivity contribution in [1.29, 1.82) is 5.41 Å². The van der Waals surface area contributed by atoms with Gasteiger partial charge in [0.25, 0.3) is 5.91 Å². The van der Waals surface area contributed by atoms with E-state index in [1.54, 1.807) is 18.2 Å². The second-order valence-corrected chi connectivity index (χ2v) is 11.4. The first-order chi connectivity index (χ1) is 17.0. The van der Waals surface area contributed by atoms with Crippen LogP contribution in [0.2, 0.25) is 5.02 Å². The molecule has 0 spiro atoms. The third-order valence-corrected chi connectivity index (χ3v) is 8.46. The van der Waals surface area contributed by atoms with E-state index < -0.39 is 21.7 Å². The van der Waals surface area contributed by atoms with Gasteiger partial charge in [0.05, 0.1) is 29.0 Å². The van der Waals surface area contributed by atoms with Gasteiger partial charge in [0.1, 0.15) is 0 Å². The SMILES string of the molecule is CCS(=O)(=O)C1=NN2C(=N)/C(=C\c3cc(Cl)c(OC(=O)c4cccc(C)c4)c(OC)c3)C(=O)N=C2S1. The quantitative estimate of drug-likeness (QED) is 0.338. The van der Waals surface area contributed by atoms with E-state index in [1.807, 2.05) is 13.0 Å². The maximum atomic E-state index is 12.6. The number of amides is 1. The van der Waals surface area contributed by atoms with Gasteiger partial charge >= 0.3 is 5.97 Å². The van der Waals surface area contributed by atoms with E-state index in [0.717, 1.165) is 10.6 Å². The molecule has 1 N–H and O–H groups in total. The van der Waals surface area contributed by atoms with Gasteiger partial charge in [0, 0.05) is 0 Å². The van der Waals surface area contributed by atoms with Crippen LogP contribution in [0.4, 0.5) is 0 Å². The van der Waals surface area contributed by atoms with Crippen LogP contribution >= 0.6 is 23.4 Å². The molecule has 0 fully saturated rings. The molecule has 0 aliphatic carbocycles. The van der Waals surface area contributed by atoms with E-state index in [0.29, 0.717) is 22.9 Å². The molecule has 36 heavy (non-hydrogen) atoms. The minimum Gasteiger partial charge on any atom is -0.493 e. The van der Waals surface area contributed by atoms with Crippen LogP contribution in [0, 0.1) is 12.3 Å². The van der Waals surface area contributed by atoms with Crippen LogP contribution in [0.15, 0.2) is 52.1 Å². The normalized spacial score (nSPS) is 16.6. The fraction of sp³-hybridized carbons (Fsp3) is 0.174. The number of fused-ring (bicyclic) bond motifs is 1. The number of sulfone groups is 1. The Morgan fingerprint density at radius 3 is 2.69 bits per heavy atom. The average molecular weight is 547 g/mol. The Bertz CT molecular complexity index is 1510. The zero-order chi connectivity index (χ0) is 26.2. The molecule has 2 aromatic rings. The van der Waals surface area contributed by atoms with E-state index in [2.05, 4.69) is 10.1 Å². The number of hydrogen-bond donors (Lipinski definition) is 1. The summed E-state index contributed by atoms with van der Waals surface area (Å²) in [5.41, 5.74) is 1.44. The number of methoxy groups -OCH3 is 1. The number of hydrazone groups is 1. The van der Waals surface area contributed by atoms with Crippen molar-refractivity contribution in [2.75, 3.05) is 12.9 Å². The number of ether oxygens (including phenoxy) is 2. The van der Waals surface area contributed by atoms with Gasteiger partial charge in [-0.05, 0) is 54.6 Å². The van der Waals surface area contributed by atoms with Crippen LogP contribution in [0.25, 0.3) is 6.08 Å². The molecule has 10 nitrogen and oxygen atoms in total. The van der Waals surface area contributed by atoms with E-state index in [-0.39, 0.29) is 43.2 Å². The number of nitrogens with zero attached hydrogens (tertiary/aromatic N) is 3. The van der Waals surface area contributed by atoms with Crippen molar-refractivity contribution in [2.24, 2.45) is 10.1 Å². The number of amidine groups is 2. The number of hydrogen-bond acceptors (Lipinski definition) is 9. The summed E-state index contributed by atoms with van der Waals surface area (Å²) in [6, 6.07) is 9.77. The van der Waals surface area contributed by atoms with Crippen molar-refractivity contribution in [3.8, 4) is 11.5 Å². The van der Waals surface area contributed by atoms with Crippen LogP contribution in [-0.4, -0.2) is 53.5 Å². The zero-order valence-electron chi connectivity index (χ0n) is 19.2. The summed E-state index contributed by atoms with van der Waals surface area (Å²) in [5.74, 6) is -1.77. The van der Waals surface area contributed by atoms with Crippen molar-refractivity contribution in [1.82, 2.24) is 5.01 Å². The lowest BCUT2D eigenvalue weighted by atomic mass is 10.1. The summed E-state index contributed by atoms with van der Waals surface area (Å²) < 4.78 is 34.9. The third-order valence-electron chi connectivity index (χ3n) is 5.09. The van der Waals surface area contributed by atoms with Crippen LogP contribution in [-0.2, 0) is 14.6 Å². The molecule has 0 aromatic heterocycles. The van der Waals surface area contributed by atoms with Crippen LogP contribution < -0.4 is 9.47 Å². The van der Waals surface area contributed by atoms with Crippen LogP contribution in [0.5, 0.6) is 11.5 Å². The number of esters is 1. The third kappa shape index (κ3) is 4.92. The molecule has 0 atom stereocenters. The molecule has 2 aliphatic rings. The number of aliphatic imine (C=N–C) groups is 1. The van der Waals surface area contributed by atoms with Gasteiger partial charge in [-0.1, -0.05) is 36.2 Å². The molecule has 0 radical (unpaired) electrons. The van der Waals surface area contributed by atoms with Gasteiger partial charge in [0.15, 0.2) is 17.3 Å². The lowest BCUT2D eigenvalue weighted by Crippen LogP contribution is -2.35. The van der Waals surface area contributed by atoms with Gasteiger partial charge < -0.3 is 9.47 Å². The molecular formula is C23H19ClN4O6S2. The smallest absolute Gasteiger partial charge is 0.343 e. The van der Waals surface area contributed by atoms with Crippen molar-refractivity contribution in [2.45, 2.75) is 13.8 Å². The van der Waals surface area contributed by atoms with Gasteiger partial charge in [-0.15, -0.1) is 5.10 Å². The highest BCUT2D eigenvalue weighted by Gasteiger charge is 2.39. The Morgan fingerprint density at radius 1 is 1.28 bits per heavy atom. The molecule has 0 unspecified atom stereocenters. The lowest BCUT2D eigenvalue weighted by Gasteiger charge is -2.20. The van der Waals surface area contributed by atoms with Gasteiger partial charge in [-0.3, -0.25) is 10.2 Å². The maximum Gasteiger partial charge on any atom is 0.343 e. The fourth-order valence-corrected chi connectivity index (χ4v) is 5.66. The highest BCUT2D eigenvalue weighted by Crippen LogP contribution is 2.38. The first kappa shape index (κ1) is 25.6. The first-order valence-corrected chi connectivity index (χ1v) is 13.3. The lowest BCUT2D eigenvalue weighted by molar-refractivity contribution is -0.114. The molecular weight excluding hydrogens is 528 g/mol. The van der Waals surface area contributed by atoms with Gasteiger partial charge in [0.2, 0.25) is 19.4 Å². The Hall–Kier alpha value is -3.48. The minimum atomic E-state index is -3.64. The number of carbonyl (C=O) groups is 2. The predicted octanol–water partition coefficient (Wildman–Crippen LogP) is 3.89. The molecule has 2 aliphatic heterocycles. The van der Waals surface area contributed by atoms with Crippen LogP contribution in [0.1, 0.15) is 28.4 Å². The largest absolute Gasteiger partial charge is 0.493 e. The fourth-order valence-electron chi connectivity index (χ4n) is 3.24. The standard InChI is InChI=1S/C23H19ClN4O6S2/c1-4-36(31,32)23-27-28-19(25)15(20(29)26-22(28)35-23)9-13-10-16(24)18(17(11-13)33-3)34-21(30)14-7-5-6-12(2)8-14/h5-11,25H,4H2,1-3H3/b15-9+,25-19?. The summed E-state index contributed by atoms with van der Waals surface area (Å²) >= 11 is 7.10. The van der Waals surface area contributed by atoms with E-state index in [9.17, 15) is 18.0 Å². The zero-order valence-corrected chi connectivity index (χ0v) is 21.6. The van der Waals surface area contributed by atoms with E-state index in [1.165, 1.54) is 32.2 Å². The summed E-state index contributed by atoms with van der Waals surface area (Å²) in [5, 5.41) is 13.4. The molecule has 2 heterocycles. The molecule has 1 amide bonds. The molecule has 0 saturated heterocycles. The Labute approximate surface area is 216 Å². The molecule has 186 valence electrons. The Balaban J connectivity index is 1.66. The number of nitrogens with one attached hydrogen (secondary N) is 1. The van der Waals surface area contributed by atoms with Gasteiger partial charge in [-0.2, -0.15) is 10.0 Å². The first-order valence-electron chi connectivity index (χ1n) is 10.4. The van der Waals surface area contributed by atoms with Crippen molar-refractivity contribution in [3.63, 3.8) is 0 Å². The van der Waals surface area contributed by atoms with Crippen LogP contribution in [0.3, 0.4) is 0 Å². The molecule has 4 rings (SSSR count). The second kappa shape index (κ2) is 9.88. The average Bonchev–Trinajstić information content (AvgIpc) is 3.28. The number of thioether (sulfide) groups is 1. The Kier molecular flexibility index (Phi) is 7.03. The number of rotatable bonds is 5. The number of benzene rings is 2. The number of aryl methyl sites for hydroxylation is 1. The second-order valence-electron chi connectivity index (χ2n) is 7.58. The summed E-state index contributed by atoms with van der Waals surface area (Å²) in [6.45, 7) is 3.32. The monoisotopic (exact) mass is 546 g/mol. The highest BCUT2D eigenvalue weighted by molar-refractivity contribution is 8.42. The molecule has 13 heteroatoms. The molecule has 2 aromatic carbocycles. The summed E-state index contributed by atoms with van der Waals surface area (Å²) in [6.07, 6.45) is 1.35. The molecule has 0 saturated carbocycles. The van der Waals surface area contributed by atoms with Crippen molar-refractivity contribution >= 4 is 66.5 Å². The number of halogens is 1. The minimum absolute atomic E-state index is 0.00636. The highest BCUT2D eigenvalue weighted by atomic mass is 35.5. The van der Waals surface area contributed by atoms with E-state index in [4.69, 9.17) is 26.5 Å². The van der Waals surface area contributed by atoms with Crippen molar-refractivity contribution < 1.29 is 27.5 Å². The molecule has 0 bridgehead atoms. The van der Waals surface area contributed by atoms with Crippen molar-refractivity contribution in [3.05, 3.63) is 63.7 Å². The topological polar surface area (TPSA) is 139 Å². The van der Waals surface area contributed by atoms with Gasteiger partial charge in [-0.25, -0.2) is 13.2 Å². The van der Waals surface area contributed by atoms with E-state index >= 15 is 0 Å². The maximum absolute atomic E-state index is 12.6. The Morgan fingerprint density at radius 2 is 2.03 bits per heavy atom.